The molecule has 0 saturated carbocycles. The second-order valence-corrected chi connectivity index (χ2v) is 7.56. The molecule has 8 heteroatoms. The molecular formula is C24H20N4O4. The van der Waals surface area contributed by atoms with Gasteiger partial charge < -0.3 is 20.1 Å². The van der Waals surface area contributed by atoms with Gasteiger partial charge in [0.2, 0.25) is 0 Å². The molecule has 0 bridgehead atoms. The van der Waals surface area contributed by atoms with Crippen LogP contribution in [0.25, 0.3) is 11.0 Å². The highest BCUT2D eigenvalue weighted by molar-refractivity contribution is 6.12. The van der Waals surface area contributed by atoms with Gasteiger partial charge in [0.05, 0.1) is 16.7 Å². The number of H-pyrrole nitrogens is 1. The fourth-order valence-electron chi connectivity index (χ4n) is 4.13. The van der Waals surface area contributed by atoms with Crippen LogP contribution in [-0.4, -0.2) is 34.1 Å². The van der Waals surface area contributed by atoms with Crippen LogP contribution in [-0.2, 0) is 5.72 Å². The molecule has 0 radical (unpaired) electrons. The summed E-state index contributed by atoms with van der Waals surface area (Å²) < 4.78 is 5.07. The Morgan fingerprint density at radius 3 is 2.66 bits per heavy atom. The van der Waals surface area contributed by atoms with Gasteiger partial charge in [-0.3, -0.25) is 9.69 Å². The lowest BCUT2D eigenvalue weighted by atomic mass is 9.93. The number of nitrogens with one attached hydrogen (secondary N) is 2. The van der Waals surface area contributed by atoms with Crippen LogP contribution in [0.4, 0.5) is 10.5 Å². The van der Waals surface area contributed by atoms with Crippen LogP contribution in [0.3, 0.4) is 0 Å². The second-order valence-electron chi connectivity index (χ2n) is 7.56. The number of hydrogen-bond acceptors (Lipinski definition) is 5. The number of ether oxygens (including phenoxy) is 1. The zero-order valence-corrected chi connectivity index (χ0v) is 17.4. The number of amides is 2. The van der Waals surface area contributed by atoms with E-state index >= 15 is 0 Å². The zero-order valence-electron chi connectivity index (χ0n) is 17.4. The molecule has 3 aromatic carbocycles. The first-order valence-electron chi connectivity index (χ1n) is 10.1. The van der Waals surface area contributed by atoms with Crippen molar-refractivity contribution in [1.29, 1.82) is 0 Å². The first-order valence-corrected chi connectivity index (χ1v) is 10.1. The van der Waals surface area contributed by atoms with E-state index in [0.29, 0.717) is 33.4 Å². The molecule has 160 valence electrons. The maximum atomic E-state index is 13.4. The molecular weight excluding hydrogens is 408 g/mol. The van der Waals surface area contributed by atoms with Gasteiger partial charge in [0.1, 0.15) is 0 Å². The number of rotatable bonds is 3. The molecule has 4 aromatic rings. The lowest BCUT2D eigenvalue weighted by Gasteiger charge is -2.35. The number of aromatic amines is 1. The molecule has 1 aliphatic heterocycles. The van der Waals surface area contributed by atoms with Gasteiger partial charge in [-0.25, -0.2) is 4.79 Å². The highest BCUT2D eigenvalue weighted by Gasteiger charge is 2.51. The zero-order chi connectivity index (χ0) is 22.5. The van der Waals surface area contributed by atoms with E-state index in [2.05, 4.69) is 15.3 Å². The molecule has 3 N–H and O–H groups in total. The molecule has 5 rings (SSSR count). The van der Waals surface area contributed by atoms with Crippen LogP contribution in [0, 0.1) is 6.92 Å². The molecule has 1 atom stereocenters. The predicted molar refractivity (Wildman–Crippen MR) is 119 cm³/mol. The summed E-state index contributed by atoms with van der Waals surface area (Å²) in [5, 5.41) is 14.5. The summed E-state index contributed by atoms with van der Waals surface area (Å²) in [5.74, 6) is -0.286. The smallest absolute Gasteiger partial charge is 0.375 e. The van der Waals surface area contributed by atoms with Gasteiger partial charge in [-0.05, 0) is 36.8 Å². The summed E-state index contributed by atoms with van der Waals surface area (Å²) in [7, 11) is 1.45. The minimum absolute atomic E-state index is 0.0298. The largest absolute Gasteiger partial charge is 0.414 e. The first-order chi connectivity index (χ1) is 15.4. The van der Waals surface area contributed by atoms with Gasteiger partial charge >= 0.3 is 12.1 Å². The summed E-state index contributed by atoms with van der Waals surface area (Å²) in [5.41, 5.74) is 2.25. The number of aryl methyl sites for hydroxylation is 1. The molecule has 2 amide bonds. The maximum absolute atomic E-state index is 13.4. The predicted octanol–water partition coefficient (Wildman–Crippen LogP) is 3.44. The van der Waals surface area contributed by atoms with E-state index in [9.17, 15) is 14.7 Å². The van der Waals surface area contributed by atoms with Crippen LogP contribution >= 0.6 is 0 Å². The molecule has 2 heterocycles. The number of hydrogen-bond donors (Lipinski definition) is 3. The Morgan fingerprint density at radius 2 is 1.88 bits per heavy atom. The van der Waals surface area contributed by atoms with Crippen LogP contribution in [0.5, 0.6) is 6.01 Å². The summed E-state index contributed by atoms with van der Waals surface area (Å²) in [6.07, 6.45) is -0.649. The normalized spacial score (nSPS) is 17.5. The second kappa shape index (κ2) is 7.21. The molecule has 32 heavy (non-hydrogen) atoms. The Balaban J connectivity index is 1.69. The molecule has 8 nitrogen and oxygen atoms in total. The van der Waals surface area contributed by atoms with Crippen LogP contribution in [0.15, 0.2) is 66.7 Å². The minimum atomic E-state index is -1.74. The van der Waals surface area contributed by atoms with Gasteiger partial charge in [0.25, 0.3) is 5.91 Å². The van der Waals surface area contributed by atoms with E-state index in [-0.39, 0.29) is 11.9 Å². The Kier molecular flexibility index (Phi) is 4.45. The SMILES string of the molecule is CNC(=O)Oc1nc2ccc(C3(O)c4ccccc4C(=O)N3c3ccccc3C)cc2[nH]1. The van der Waals surface area contributed by atoms with Crippen LogP contribution < -0.4 is 15.0 Å². The first kappa shape index (κ1) is 19.8. The Bertz CT molecular complexity index is 1380. The number of aliphatic hydroxyl groups is 1. The topological polar surface area (TPSA) is 108 Å². The standard InChI is InChI=1S/C24H20N4O4/c1-14-7-3-6-10-20(14)28-21(29)16-8-4-5-9-17(16)24(28,31)15-11-12-18-19(13-15)27-22(26-18)32-23(30)25-2/h3-13,31H,1-2H3,(H,25,30)(H,26,27). The lowest BCUT2D eigenvalue weighted by molar-refractivity contribution is 0.0703. The average molecular weight is 428 g/mol. The Hall–Kier alpha value is -4.17. The number of fused-ring (bicyclic) bond motifs is 2. The molecule has 1 aromatic heterocycles. The van der Waals surface area contributed by atoms with Crippen molar-refractivity contribution in [1.82, 2.24) is 15.3 Å². The third-order valence-corrected chi connectivity index (χ3v) is 5.67. The number of para-hydroxylation sites is 1. The monoisotopic (exact) mass is 428 g/mol. The summed E-state index contributed by atoms with van der Waals surface area (Å²) in [4.78, 5) is 33.6. The number of carbonyl (C=O) groups is 2. The molecule has 1 unspecified atom stereocenters. The van der Waals surface area contributed by atoms with Gasteiger partial charge in [-0.2, -0.15) is 4.98 Å². The Morgan fingerprint density at radius 1 is 1.12 bits per heavy atom. The molecule has 0 fully saturated rings. The van der Waals surface area contributed by atoms with E-state index in [4.69, 9.17) is 4.74 Å². The van der Waals surface area contributed by atoms with Crippen molar-refractivity contribution in [2.45, 2.75) is 12.6 Å². The maximum Gasteiger partial charge on any atom is 0.414 e. The van der Waals surface area contributed by atoms with Gasteiger partial charge in [-0.1, -0.05) is 42.5 Å². The summed E-state index contributed by atoms with van der Waals surface area (Å²) in [6, 6.07) is 19.6. The van der Waals surface area contributed by atoms with Crippen molar-refractivity contribution >= 4 is 28.7 Å². The van der Waals surface area contributed by atoms with E-state index in [1.54, 1.807) is 42.5 Å². The fraction of sp³-hybridized carbons (Fsp3) is 0.125. The third kappa shape index (κ3) is 2.84. The Labute approximate surface area is 183 Å². The van der Waals surface area contributed by atoms with Crippen molar-refractivity contribution in [3.63, 3.8) is 0 Å². The van der Waals surface area contributed by atoms with Crippen LogP contribution in [0.1, 0.15) is 27.0 Å². The number of aromatic nitrogens is 2. The fourth-order valence-corrected chi connectivity index (χ4v) is 4.13. The third-order valence-electron chi connectivity index (χ3n) is 5.67. The summed E-state index contributed by atoms with van der Waals surface area (Å²) in [6.45, 7) is 1.90. The summed E-state index contributed by atoms with van der Waals surface area (Å²) >= 11 is 0. The number of anilines is 1. The molecule has 1 aliphatic rings. The number of benzene rings is 3. The van der Waals surface area contributed by atoms with Gasteiger partial charge in [0, 0.05) is 23.7 Å². The number of carbonyl (C=O) groups excluding carboxylic acids is 2. The van der Waals surface area contributed by atoms with Gasteiger partial charge in [-0.15, -0.1) is 0 Å². The van der Waals surface area contributed by atoms with Gasteiger partial charge in [0.15, 0.2) is 5.72 Å². The van der Waals surface area contributed by atoms with E-state index < -0.39 is 11.8 Å². The highest BCUT2D eigenvalue weighted by atomic mass is 16.6. The van der Waals surface area contributed by atoms with Crippen LogP contribution in [0.2, 0.25) is 0 Å². The van der Waals surface area contributed by atoms with Crippen molar-refractivity contribution in [2.24, 2.45) is 0 Å². The molecule has 0 aliphatic carbocycles. The average Bonchev–Trinajstić information content (AvgIpc) is 3.30. The van der Waals surface area contributed by atoms with E-state index in [1.807, 2.05) is 31.2 Å². The molecule has 0 spiro atoms. The quantitative estimate of drug-likeness (QED) is 0.463. The lowest BCUT2D eigenvalue weighted by Crippen LogP contribution is -2.45. The number of nitrogens with zero attached hydrogens (tertiary/aromatic N) is 2. The minimum Gasteiger partial charge on any atom is -0.375 e. The number of imidazole rings is 1. The van der Waals surface area contributed by atoms with Crippen molar-refractivity contribution < 1.29 is 19.4 Å². The van der Waals surface area contributed by atoms with E-state index in [0.717, 1.165) is 5.56 Å². The van der Waals surface area contributed by atoms with E-state index in [1.165, 1.54) is 11.9 Å². The van der Waals surface area contributed by atoms with Crippen molar-refractivity contribution in [2.75, 3.05) is 11.9 Å². The van der Waals surface area contributed by atoms with Crippen molar-refractivity contribution in [3.05, 3.63) is 89.0 Å². The van der Waals surface area contributed by atoms with Crippen molar-refractivity contribution in [3.8, 4) is 6.01 Å². The highest BCUT2D eigenvalue weighted by Crippen LogP contribution is 2.46. The molecule has 0 saturated heterocycles.